The second-order valence-corrected chi connectivity index (χ2v) is 6.33. The molecule has 0 amide bonds. The molecule has 1 heterocycles. The summed E-state index contributed by atoms with van der Waals surface area (Å²) in [5, 5.41) is 0. The molecule has 0 saturated carbocycles. The molecule has 0 spiro atoms. The molecule has 0 aliphatic carbocycles. The van der Waals surface area contributed by atoms with Crippen LogP contribution in [-0.2, 0) is 16.6 Å². The summed E-state index contributed by atoms with van der Waals surface area (Å²) in [7, 11) is -1.56. The molecule has 1 aromatic heterocycles. The standard InChI is InChI=1S/C12H18N4O3S/c1-19-9-4-5-10-11(8-9)16(12(13)15-10)7-3-6-14-20(2,17)18/h4-5,8,14H,3,6-7H2,1-2H3,(H2,13,15). The van der Waals surface area contributed by atoms with Gasteiger partial charge in [0.25, 0.3) is 0 Å². The van der Waals surface area contributed by atoms with Gasteiger partial charge in [-0.05, 0) is 18.6 Å². The Bertz CT molecular complexity index is 709. The third kappa shape index (κ3) is 3.40. The molecule has 0 aliphatic rings. The maximum absolute atomic E-state index is 11.0. The van der Waals surface area contributed by atoms with Crippen LogP contribution in [0.4, 0.5) is 5.95 Å². The van der Waals surface area contributed by atoms with Crippen molar-refractivity contribution in [2.24, 2.45) is 0 Å². The van der Waals surface area contributed by atoms with E-state index in [1.807, 2.05) is 22.8 Å². The molecule has 20 heavy (non-hydrogen) atoms. The Morgan fingerprint density at radius 2 is 2.20 bits per heavy atom. The van der Waals surface area contributed by atoms with Gasteiger partial charge in [0.15, 0.2) is 0 Å². The van der Waals surface area contributed by atoms with Crippen molar-refractivity contribution in [1.29, 1.82) is 0 Å². The highest BCUT2D eigenvalue weighted by atomic mass is 32.2. The smallest absolute Gasteiger partial charge is 0.208 e. The van der Waals surface area contributed by atoms with E-state index in [-0.39, 0.29) is 0 Å². The normalized spacial score (nSPS) is 11.9. The molecule has 0 fully saturated rings. The molecule has 0 unspecified atom stereocenters. The summed E-state index contributed by atoms with van der Waals surface area (Å²) in [4.78, 5) is 4.26. The molecule has 110 valence electrons. The van der Waals surface area contributed by atoms with Crippen LogP contribution in [-0.4, -0.2) is 37.9 Å². The fourth-order valence-electron chi connectivity index (χ4n) is 1.98. The highest BCUT2D eigenvalue weighted by Gasteiger charge is 2.09. The molecule has 0 saturated heterocycles. The van der Waals surface area contributed by atoms with Gasteiger partial charge in [-0.3, -0.25) is 0 Å². The lowest BCUT2D eigenvalue weighted by molar-refractivity contribution is 0.415. The maximum atomic E-state index is 11.0. The Labute approximate surface area is 117 Å². The van der Waals surface area contributed by atoms with Gasteiger partial charge in [0, 0.05) is 19.2 Å². The van der Waals surface area contributed by atoms with Gasteiger partial charge in [-0.25, -0.2) is 18.1 Å². The fraction of sp³-hybridized carbons (Fsp3) is 0.417. The zero-order chi connectivity index (χ0) is 14.8. The molecule has 1 aromatic carbocycles. The quantitative estimate of drug-likeness (QED) is 0.759. The van der Waals surface area contributed by atoms with Crippen LogP contribution >= 0.6 is 0 Å². The van der Waals surface area contributed by atoms with Gasteiger partial charge in [-0.1, -0.05) is 0 Å². The van der Waals surface area contributed by atoms with Crippen LogP contribution in [0, 0.1) is 0 Å². The maximum Gasteiger partial charge on any atom is 0.208 e. The number of hydrogen-bond donors (Lipinski definition) is 2. The number of methoxy groups -OCH3 is 1. The van der Waals surface area contributed by atoms with Gasteiger partial charge in [-0.15, -0.1) is 0 Å². The Morgan fingerprint density at radius 1 is 1.45 bits per heavy atom. The minimum atomic E-state index is -3.15. The first-order valence-electron chi connectivity index (χ1n) is 6.15. The number of ether oxygens (including phenoxy) is 1. The van der Waals surface area contributed by atoms with E-state index >= 15 is 0 Å². The number of aryl methyl sites for hydroxylation is 1. The van der Waals surface area contributed by atoms with Crippen molar-refractivity contribution in [1.82, 2.24) is 14.3 Å². The van der Waals surface area contributed by atoms with E-state index in [1.165, 1.54) is 0 Å². The number of nitrogens with one attached hydrogen (secondary N) is 1. The summed E-state index contributed by atoms with van der Waals surface area (Å²) in [5.74, 6) is 1.14. The topological polar surface area (TPSA) is 99.2 Å². The number of rotatable bonds is 6. The van der Waals surface area contributed by atoms with Crippen molar-refractivity contribution < 1.29 is 13.2 Å². The van der Waals surface area contributed by atoms with Crippen LogP contribution in [0.5, 0.6) is 5.75 Å². The highest BCUT2D eigenvalue weighted by Crippen LogP contribution is 2.23. The molecule has 8 heteroatoms. The molecule has 2 rings (SSSR count). The Morgan fingerprint density at radius 3 is 2.85 bits per heavy atom. The van der Waals surface area contributed by atoms with Crippen LogP contribution in [0.1, 0.15) is 6.42 Å². The monoisotopic (exact) mass is 298 g/mol. The number of imidazole rings is 1. The van der Waals surface area contributed by atoms with Crippen LogP contribution in [0.25, 0.3) is 11.0 Å². The molecule has 3 N–H and O–H groups in total. The molecule has 0 bridgehead atoms. The van der Waals surface area contributed by atoms with Crippen LogP contribution in [0.3, 0.4) is 0 Å². The fourth-order valence-corrected chi connectivity index (χ4v) is 2.49. The molecule has 0 aliphatic heterocycles. The summed E-state index contributed by atoms with van der Waals surface area (Å²) < 4.78 is 31.4. The first-order valence-corrected chi connectivity index (χ1v) is 8.04. The molecule has 7 nitrogen and oxygen atoms in total. The van der Waals surface area contributed by atoms with E-state index in [2.05, 4.69) is 9.71 Å². The molecular formula is C12H18N4O3S. The van der Waals surface area contributed by atoms with Crippen molar-refractivity contribution in [3.8, 4) is 5.75 Å². The van der Waals surface area contributed by atoms with E-state index in [0.29, 0.717) is 25.5 Å². The van der Waals surface area contributed by atoms with E-state index in [1.54, 1.807) is 7.11 Å². The molecule has 2 aromatic rings. The van der Waals surface area contributed by atoms with Crippen molar-refractivity contribution in [2.75, 3.05) is 25.6 Å². The van der Waals surface area contributed by atoms with E-state index in [9.17, 15) is 8.42 Å². The van der Waals surface area contributed by atoms with Crippen molar-refractivity contribution in [2.45, 2.75) is 13.0 Å². The van der Waals surface area contributed by atoms with Crippen molar-refractivity contribution in [3.63, 3.8) is 0 Å². The Hall–Kier alpha value is -1.80. The van der Waals surface area contributed by atoms with Crippen LogP contribution in [0.15, 0.2) is 18.2 Å². The SMILES string of the molecule is COc1ccc2nc(N)n(CCCNS(C)(=O)=O)c2c1. The minimum Gasteiger partial charge on any atom is -0.497 e. The minimum absolute atomic E-state index is 0.363. The second-order valence-electron chi connectivity index (χ2n) is 4.50. The number of nitrogens with two attached hydrogens (primary N) is 1. The summed E-state index contributed by atoms with van der Waals surface area (Å²) in [6, 6.07) is 5.53. The van der Waals surface area contributed by atoms with E-state index in [4.69, 9.17) is 10.5 Å². The van der Waals surface area contributed by atoms with Gasteiger partial charge in [-0.2, -0.15) is 0 Å². The van der Waals surface area contributed by atoms with E-state index < -0.39 is 10.0 Å². The van der Waals surface area contributed by atoms with E-state index in [0.717, 1.165) is 23.0 Å². The van der Waals surface area contributed by atoms with Crippen molar-refractivity contribution in [3.05, 3.63) is 18.2 Å². The van der Waals surface area contributed by atoms with Crippen LogP contribution < -0.4 is 15.2 Å². The Kier molecular flexibility index (Phi) is 4.15. The van der Waals surface area contributed by atoms with Crippen LogP contribution in [0.2, 0.25) is 0 Å². The van der Waals surface area contributed by atoms with Gasteiger partial charge < -0.3 is 15.0 Å². The van der Waals surface area contributed by atoms with Gasteiger partial charge in [0.2, 0.25) is 16.0 Å². The summed E-state index contributed by atoms with van der Waals surface area (Å²) in [5.41, 5.74) is 7.55. The van der Waals surface area contributed by atoms with Gasteiger partial charge in [0.1, 0.15) is 5.75 Å². The predicted molar refractivity (Wildman–Crippen MR) is 78.2 cm³/mol. The molecule has 0 radical (unpaired) electrons. The molecule has 0 atom stereocenters. The summed E-state index contributed by atoms with van der Waals surface area (Å²) in [6.07, 6.45) is 1.76. The number of anilines is 1. The first-order chi connectivity index (χ1) is 9.40. The van der Waals surface area contributed by atoms with Gasteiger partial charge >= 0.3 is 0 Å². The average Bonchev–Trinajstić information content (AvgIpc) is 2.68. The zero-order valence-electron chi connectivity index (χ0n) is 11.5. The second kappa shape index (κ2) is 5.68. The number of aromatic nitrogens is 2. The van der Waals surface area contributed by atoms with Gasteiger partial charge in [0.05, 0.1) is 24.4 Å². The molecular weight excluding hydrogens is 280 g/mol. The number of nitrogen functional groups attached to an aromatic ring is 1. The predicted octanol–water partition coefficient (Wildman–Crippen LogP) is 0.566. The number of nitrogens with zero attached hydrogens (tertiary/aromatic N) is 2. The summed E-state index contributed by atoms with van der Waals surface area (Å²) >= 11 is 0. The number of sulfonamides is 1. The lowest BCUT2D eigenvalue weighted by Crippen LogP contribution is -2.24. The third-order valence-corrected chi connectivity index (χ3v) is 3.64. The average molecular weight is 298 g/mol. The summed E-state index contributed by atoms with van der Waals surface area (Å²) in [6.45, 7) is 0.944. The number of fused-ring (bicyclic) bond motifs is 1. The largest absolute Gasteiger partial charge is 0.497 e. The lowest BCUT2D eigenvalue weighted by atomic mass is 10.3. The van der Waals surface area contributed by atoms with Crippen molar-refractivity contribution >= 4 is 27.0 Å². The lowest BCUT2D eigenvalue weighted by Gasteiger charge is -2.07. The highest BCUT2D eigenvalue weighted by molar-refractivity contribution is 7.88. The number of hydrogen-bond acceptors (Lipinski definition) is 5. The zero-order valence-corrected chi connectivity index (χ0v) is 12.3. The third-order valence-electron chi connectivity index (χ3n) is 2.91. The Balaban J connectivity index is 2.14. The first kappa shape index (κ1) is 14.6. The number of benzene rings is 1.